The summed E-state index contributed by atoms with van der Waals surface area (Å²) in [6.45, 7) is 7.29. The first kappa shape index (κ1) is 94.1. The molecule has 0 amide bonds. The van der Waals surface area contributed by atoms with Gasteiger partial charge in [-0.15, -0.1) is 0 Å². The number of carbonyl (C=O) groups is 4. The van der Waals surface area contributed by atoms with Gasteiger partial charge in [0, 0.05) is 25.7 Å². The fourth-order valence-corrected chi connectivity index (χ4v) is 13.5. The molecular weight excluding hydrogens is 1260 g/mol. The molecule has 19 heteroatoms. The molecule has 0 rings (SSSR count). The second kappa shape index (κ2) is 70.1. The van der Waals surface area contributed by atoms with Crippen molar-refractivity contribution in [1.82, 2.24) is 0 Å². The van der Waals surface area contributed by atoms with Crippen LogP contribution in [0.3, 0.4) is 0 Å². The monoisotopic (exact) mass is 1410 g/mol. The lowest BCUT2D eigenvalue weighted by Gasteiger charge is -2.21. The molecule has 0 aliphatic heterocycles. The molecule has 0 saturated carbocycles. The zero-order valence-corrected chi connectivity index (χ0v) is 64.3. The third kappa shape index (κ3) is 70.5. The molecular formula is C77H150O17P2. The number of unbranched alkanes of at least 4 members (excludes halogenated alkanes) is 49. The van der Waals surface area contributed by atoms with Crippen molar-refractivity contribution >= 4 is 39.5 Å². The number of phosphoric acid groups is 2. The minimum absolute atomic E-state index is 0.108. The summed E-state index contributed by atoms with van der Waals surface area (Å²) in [4.78, 5) is 72.8. The fourth-order valence-electron chi connectivity index (χ4n) is 11.9. The van der Waals surface area contributed by atoms with E-state index in [0.29, 0.717) is 25.7 Å². The average Bonchev–Trinajstić information content (AvgIpc) is 2.20. The van der Waals surface area contributed by atoms with Crippen LogP contribution in [0.25, 0.3) is 0 Å². The lowest BCUT2D eigenvalue weighted by atomic mass is 10.0. The van der Waals surface area contributed by atoms with Crippen LogP contribution in [0.1, 0.15) is 407 Å². The molecule has 0 saturated heterocycles. The molecule has 0 aliphatic carbocycles. The normalized spacial score (nSPS) is 13.9. The maximum absolute atomic E-state index is 13.1. The van der Waals surface area contributed by atoms with Crippen LogP contribution in [0.4, 0.5) is 0 Å². The van der Waals surface area contributed by atoms with Gasteiger partial charge in [-0.25, -0.2) is 9.13 Å². The summed E-state index contributed by atoms with van der Waals surface area (Å²) in [5.74, 6) is -1.33. The van der Waals surface area contributed by atoms with Crippen LogP contribution in [0, 0.1) is 5.92 Å². The highest BCUT2D eigenvalue weighted by Crippen LogP contribution is 2.45. The second-order valence-corrected chi connectivity index (χ2v) is 31.1. The summed E-state index contributed by atoms with van der Waals surface area (Å²) in [7, 11) is -9.91. The van der Waals surface area contributed by atoms with Crippen molar-refractivity contribution in [3.8, 4) is 0 Å². The summed E-state index contributed by atoms with van der Waals surface area (Å²) in [6.07, 6.45) is 59.7. The van der Waals surface area contributed by atoms with Crippen LogP contribution in [0.2, 0.25) is 0 Å². The summed E-state index contributed by atoms with van der Waals surface area (Å²) in [6, 6.07) is 0. The molecule has 0 aliphatic rings. The molecule has 0 spiro atoms. The van der Waals surface area contributed by atoms with Gasteiger partial charge in [0.2, 0.25) is 0 Å². The Balaban J connectivity index is 5.19. The molecule has 0 aromatic rings. The van der Waals surface area contributed by atoms with Gasteiger partial charge >= 0.3 is 39.5 Å². The van der Waals surface area contributed by atoms with Gasteiger partial charge in [-0.1, -0.05) is 356 Å². The van der Waals surface area contributed by atoms with E-state index in [2.05, 4.69) is 34.6 Å². The van der Waals surface area contributed by atoms with Gasteiger partial charge in [0.1, 0.15) is 19.3 Å². The molecule has 0 heterocycles. The van der Waals surface area contributed by atoms with Crippen LogP contribution in [-0.2, 0) is 65.4 Å². The van der Waals surface area contributed by atoms with Gasteiger partial charge in [-0.2, -0.15) is 0 Å². The topological polar surface area (TPSA) is 237 Å². The zero-order valence-electron chi connectivity index (χ0n) is 62.5. The fraction of sp³-hybridized carbons (Fsp3) is 0.948. The van der Waals surface area contributed by atoms with Gasteiger partial charge < -0.3 is 33.8 Å². The molecule has 2 unspecified atom stereocenters. The van der Waals surface area contributed by atoms with E-state index >= 15 is 0 Å². The summed E-state index contributed by atoms with van der Waals surface area (Å²) >= 11 is 0. The third-order valence-electron chi connectivity index (χ3n) is 18.0. The Bertz CT molecular complexity index is 1840. The Hall–Kier alpha value is -1.94. The number of aliphatic hydroxyl groups excluding tert-OH is 1. The summed E-state index contributed by atoms with van der Waals surface area (Å²) in [5, 5.41) is 10.6. The molecule has 0 aromatic carbocycles. The predicted molar refractivity (Wildman–Crippen MR) is 391 cm³/mol. The largest absolute Gasteiger partial charge is 0.472 e. The summed E-state index contributed by atoms with van der Waals surface area (Å²) < 4.78 is 68.5. The first-order valence-electron chi connectivity index (χ1n) is 40.1. The van der Waals surface area contributed by atoms with E-state index in [1.54, 1.807) is 0 Å². The molecule has 3 N–H and O–H groups in total. The van der Waals surface area contributed by atoms with Gasteiger partial charge in [0.25, 0.3) is 0 Å². The van der Waals surface area contributed by atoms with E-state index in [1.165, 1.54) is 225 Å². The molecule has 0 aromatic heterocycles. The molecule has 570 valence electrons. The Morgan fingerprint density at radius 3 is 0.708 bits per heavy atom. The van der Waals surface area contributed by atoms with Gasteiger partial charge in [-0.3, -0.25) is 37.3 Å². The predicted octanol–water partition coefficient (Wildman–Crippen LogP) is 22.9. The highest BCUT2D eigenvalue weighted by Gasteiger charge is 2.30. The van der Waals surface area contributed by atoms with Crippen molar-refractivity contribution in [3.63, 3.8) is 0 Å². The van der Waals surface area contributed by atoms with E-state index < -0.39 is 97.5 Å². The molecule has 0 radical (unpaired) electrons. The van der Waals surface area contributed by atoms with Crippen molar-refractivity contribution in [2.75, 3.05) is 39.6 Å². The van der Waals surface area contributed by atoms with Crippen molar-refractivity contribution in [3.05, 3.63) is 0 Å². The molecule has 17 nitrogen and oxygen atoms in total. The van der Waals surface area contributed by atoms with E-state index in [9.17, 15) is 43.2 Å². The number of ether oxygens (including phenoxy) is 4. The maximum atomic E-state index is 13.1. The zero-order chi connectivity index (χ0) is 70.5. The standard InChI is InChI=1S/C77H150O17P2/c1-6-9-12-15-18-21-23-25-26-27-28-29-30-31-33-39-43-48-53-58-63-77(82)94-73(67-88-75(80)61-56-51-46-41-37-35-34-36-40-44-49-54-59-70(4)5)69-92-96(85,86)90-65-71(78)64-89-95(83,84)91-68-72(66-87-74(79)60-55-50-45-20-17-14-11-8-3)93-76(81)62-57-52-47-42-38-32-24-22-19-16-13-10-7-2/h70-73,78H,6-69H2,1-5H3,(H,83,84)(H,85,86)/t71-,72+,73+/m0/s1. The Kier molecular flexibility index (Phi) is 68.7. The lowest BCUT2D eigenvalue weighted by Crippen LogP contribution is -2.30. The Morgan fingerprint density at radius 2 is 0.479 bits per heavy atom. The number of carbonyl (C=O) groups excluding carboxylic acids is 4. The van der Waals surface area contributed by atoms with Crippen LogP contribution < -0.4 is 0 Å². The number of esters is 4. The maximum Gasteiger partial charge on any atom is 0.472 e. The number of hydrogen-bond donors (Lipinski definition) is 3. The lowest BCUT2D eigenvalue weighted by molar-refractivity contribution is -0.161. The van der Waals surface area contributed by atoms with E-state index in [-0.39, 0.29) is 25.7 Å². The summed E-state index contributed by atoms with van der Waals surface area (Å²) in [5.41, 5.74) is 0. The quantitative estimate of drug-likeness (QED) is 0.0222. The molecule has 96 heavy (non-hydrogen) atoms. The third-order valence-corrected chi connectivity index (χ3v) is 19.9. The number of hydrogen-bond acceptors (Lipinski definition) is 15. The van der Waals surface area contributed by atoms with Gasteiger partial charge in [0.15, 0.2) is 12.2 Å². The number of phosphoric ester groups is 2. The van der Waals surface area contributed by atoms with E-state index in [1.807, 2.05) is 0 Å². The van der Waals surface area contributed by atoms with Crippen LogP contribution in [0.5, 0.6) is 0 Å². The SMILES string of the molecule is CCCCCCCCCCCCCCCCCCCCCCC(=O)O[C@H](COC(=O)CCCCCCCCCCCCCCC(C)C)COP(=O)(O)OC[C@@H](O)COP(=O)(O)OC[C@@H](COC(=O)CCCCCCCCCC)OC(=O)CCCCCCCCCCCCCCC. The highest BCUT2D eigenvalue weighted by atomic mass is 31.2. The Labute approximate surface area is 588 Å². The minimum atomic E-state index is -4.96. The molecule has 0 bridgehead atoms. The first-order valence-corrected chi connectivity index (χ1v) is 43.1. The Morgan fingerprint density at radius 1 is 0.281 bits per heavy atom. The first-order chi connectivity index (χ1) is 46.5. The van der Waals surface area contributed by atoms with Crippen molar-refractivity contribution in [2.24, 2.45) is 5.92 Å². The highest BCUT2D eigenvalue weighted by molar-refractivity contribution is 7.47. The van der Waals surface area contributed by atoms with Crippen LogP contribution in [-0.4, -0.2) is 96.7 Å². The minimum Gasteiger partial charge on any atom is -0.462 e. The van der Waals surface area contributed by atoms with Crippen molar-refractivity contribution in [1.29, 1.82) is 0 Å². The smallest absolute Gasteiger partial charge is 0.462 e. The molecule has 0 fully saturated rings. The van der Waals surface area contributed by atoms with E-state index in [0.717, 1.165) is 102 Å². The second-order valence-electron chi connectivity index (χ2n) is 28.2. The van der Waals surface area contributed by atoms with Crippen LogP contribution in [0.15, 0.2) is 0 Å². The van der Waals surface area contributed by atoms with Crippen molar-refractivity contribution in [2.45, 2.75) is 425 Å². The number of rotatable bonds is 77. The van der Waals surface area contributed by atoms with Gasteiger partial charge in [-0.05, 0) is 31.6 Å². The van der Waals surface area contributed by atoms with Crippen molar-refractivity contribution < 1.29 is 80.2 Å². The van der Waals surface area contributed by atoms with E-state index in [4.69, 9.17) is 37.0 Å². The average molecular weight is 1410 g/mol. The van der Waals surface area contributed by atoms with Gasteiger partial charge in [0.05, 0.1) is 26.4 Å². The number of aliphatic hydroxyl groups is 1. The molecule has 5 atom stereocenters. The van der Waals surface area contributed by atoms with Crippen LogP contribution >= 0.6 is 15.6 Å².